The first-order chi connectivity index (χ1) is 8.56. The highest BCUT2D eigenvalue weighted by Crippen LogP contribution is 2.11. The van der Waals surface area contributed by atoms with Crippen molar-refractivity contribution < 1.29 is 5.11 Å². The van der Waals surface area contributed by atoms with E-state index < -0.39 is 0 Å². The number of allylic oxidation sites excluding steroid dienone is 6. The van der Waals surface area contributed by atoms with Crippen LogP contribution in [-0.4, -0.2) is 11.7 Å². The standard InChI is InChI=1S/C17H30O/c1-15(2)9-7-11-17(4)13-8-12-16(3)10-5-6-14-18/h9-10,13,18H,5-8,11-12,14H2,1-4H3/b16-10+,17-13+. The van der Waals surface area contributed by atoms with E-state index in [-0.39, 0.29) is 0 Å². The molecule has 0 aromatic carbocycles. The molecule has 0 aromatic rings. The Morgan fingerprint density at radius 3 is 1.78 bits per heavy atom. The van der Waals surface area contributed by atoms with Crippen molar-refractivity contribution in [1.82, 2.24) is 0 Å². The highest BCUT2D eigenvalue weighted by Gasteiger charge is 1.92. The predicted octanol–water partition coefficient (Wildman–Crippen LogP) is 5.18. The van der Waals surface area contributed by atoms with Gasteiger partial charge in [0, 0.05) is 6.61 Å². The zero-order valence-corrected chi connectivity index (χ0v) is 12.6. The Labute approximate surface area is 113 Å². The molecule has 0 rings (SSSR count). The van der Waals surface area contributed by atoms with Crippen LogP contribution in [0, 0.1) is 0 Å². The van der Waals surface area contributed by atoms with Crippen molar-refractivity contribution in [3.63, 3.8) is 0 Å². The van der Waals surface area contributed by atoms with Gasteiger partial charge in [-0.15, -0.1) is 0 Å². The third-order valence-electron chi connectivity index (χ3n) is 2.98. The zero-order chi connectivity index (χ0) is 13.8. The normalized spacial score (nSPS) is 12.7. The highest BCUT2D eigenvalue weighted by atomic mass is 16.2. The first kappa shape index (κ1) is 17.2. The molecule has 0 unspecified atom stereocenters. The maximum absolute atomic E-state index is 8.71. The smallest absolute Gasteiger partial charge is 0.0433 e. The molecule has 0 saturated heterocycles. The van der Waals surface area contributed by atoms with Crippen molar-refractivity contribution in [2.45, 2.75) is 66.2 Å². The molecule has 1 heteroatoms. The van der Waals surface area contributed by atoms with Gasteiger partial charge in [-0.05, 0) is 66.2 Å². The van der Waals surface area contributed by atoms with E-state index >= 15 is 0 Å². The van der Waals surface area contributed by atoms with Crippen LogP contribution in [0.5, 0.6) is 0 Å². The third-order valence-corrected chi connectivity index (χ3v) is 2.98. The Morgan fingerprint density at radius 1 is 0.778 bits per heavy atom. The van der Waals surface area contributed by atoms with Crippen LogP contribution in [0.1, 0.15) is 66.2 Å². The lowest BCUT2D eigenvalue weighted by Gasteiger charge is -2.01. The van der Waals surface area contributed by atoms with Crippen LogP contribution < -0.4 is 0 Å². The van der Waals surface area contributed by atoms with Crippen LogP contribution >= 0.6 is 0 Å². The summed E-state index contributed by atoms with van der Waals surface area (Å²) in [4.78, 5) is 0. The molecular formula is C17H30O. The first-order valence-corrected chi connectivity index (χ1v) is 7.11. The van der Waals surface area contributed by atoms with Crippen molar-refractivity contribution in [3.8, 4) is 0 Å². The summed E-state index contributed by atoms with van der Waals surface area (Å²) in [5.41, 5.74) is 4.35. The summed E-state index contributed by atoms with van der Waals surface area (Å²) in [7, 11) is 0. The third kappa shape index (κ3) is 11.7. The summed E-state index contributed by atoms with van der Waals surface area (Å²) < 4.78 is 0. The van der Waals surface area contributed by atoms with E-state index in [9.17, 15) is 0 Å². The molecule has 0 aromatic heterocycles. The van der Waals surface area contributed by atoms with E-state index in [4.69, 9.17) is 5.11 Å². The average molecular weight is 250 g/mol. The van der Waals surface area contributed by atoms with Gasteiger partial charge in [0.05, 0.1) is 0 Å². The fraction of sp³-hybridized carbons (Fsp3) is 0.647. The van der Waals surface area contributed by atoms with Crippen molar-refractivity contribution in [2.75, 3.05) is 6.61 Å². The van der Waals surface area contributed by atoms with Crippen LogP contribution in [-0.2, 0) is 0 Å². The van der Waals surface area contributed by atoms with Crippen LogP contribution in [0.25, 0.3) is 0 Å². The molecule has 0 amide bonds. The maximum Gasteiger partial charge on any atom is 0.0433 e. The summed E-state index contributed by atoms with van der Waals surface area (Å²) in [6, 6.07) is 0. The molecule has 0 aliphatic carbocycles. The van der Waals surface area contributed by atoms with Gasteiger partial charge in [-0.2, -0.15) is 0 Å². The molecule has 0 fully saturated rings. The number of hydrogen-bond donors (Lipinski definition) is 1. The summed E-state index contributed by atoms with van der Waals surface area (Å²) in [5, 5.41) is 8.71. The molecule has 18 heavy (non-hydrogen) atoms. The van der Waals surface area contributed by atoms with Gasteiger partial charge < -0.3 is 5.11 Å². The van der Waals surface area contributed by atoms with Crippen molar-refractivity contribution in [3.05, 3.63) is 34.9 Å². The van der Waals surface area contributed by atoms with Gasteiger partial charge >= 0.3 is 0 Å². The van der Waals surface area contributed by atoms with Crippen LogP contribution in [0.2, 0.25) is 0 Å². The van der Waals surface area contributed by atoms with Gasteiger partial charge in [0.2, 0.25) is 0 Å². The minimum absolute atomic E-state index is 0.299. The maximum atomic E-state index is 8.71. The molecule has 104 valence electrons. The second-order valence-electron chi connectivity index (χ2n) is 5.33. The monoisotopic (exact) mass is 250 g/mol. The van der Waals surface area contributed by atoms with Gasteiger partial charge in [-0.1, -0.05) is 34.9 Å². The van der Waals surface area contributed by atoms with Crippen molar-refractivity contribution in [2.24, 2.45) is 0 Å². The Hall–Kier alpha value is -0.820. The summed E-state index contributed by atoms with van der Waals surface area (Å²) >= 11 is 0. The molecule has 1 N–H and O–H groups in total. The van der Waals surface area contributed by atoms with Gasteiger partial charge in [0.1, 0.15) is 0 Å². The van der Waals surface area contributed by atoms with E-state index in [2.05, 4.69) is 45.9 Å². The number of aliphatic hydroxyl groups is 1. The lowest BCUT2D eigenvalue weighted by molar-refractivity contribution is 0.289. The Morgan fingerprint density at radius 2 is 1.28 bits per heavy atom. The molecule has 1 nitrogen and oxygen atoms in total. The Balaban J connectivity index is 3.79. The fourth-order valence-electron chi connectivity index (χ4n) is 1.78. The number of unbranched alkanes of at least 4 members (excludes halogenated alkanes) is 1. The van der Waals surface area contributed by atoms with E-state index in [1.807, 2.05) is 0 Å². The summed E-state index contributed by atoms with van der Waals surface area (Å²) in [6.07, 6.45) is 13.4. The van der Waals surface area contributed by atoms with E-state index in [1.165, 1.54) is 23.1 Å². The lowest BCUT2D eigenvalue weighted by Crippen LogP contribution is -1.83. The van der Waals surface area contributed by atoms with Gasteiger partial charge in [0.25, 0.3) is 0 Å². The second kappa shape index (κ2) is 11.3. The molecule has 0 heterocycles. The van der Waals surface area contributed by atoms with E-state index in [0.29, 0.717) is 6.61 Å². The quantitative estimate of drug-likeness (QED) is 0.441. The molecular weight excluding hydrogens is 220 g/mol. The highest BCUT2D eigenvalue weighted by molar-refractivity contribution is 5.05. The van der Waals surface area contributed by atoms with E-state index in [1.54, 1.807) is 0 Å². The Bertz CT molecular complexity index is 291. The molecule has 0 saturated carbocycles. The van der Waals surface area contributed by atoms with Crippen molar-refractivity contribution in [1.29, 1.82) is 0 Å². The second-order valence-corrected chi connectivity index (χ2v) is 5.33. The minimum Gasteiger partial charge on any atom is -0.396 e. The first-order valence-electron chi connectivity index (χ1n) is 7.11. The topological polar surface area (TPSA) is 20.2 Å². The molecule has 0 radical (unpaired) electrons. The molecule has 0 spiro atoms. The van der Waals surface area contributed by atoms with Crippen LogP contribution in [0.15, 0.2) is 34.9 Å². The van der Waals surface area contributed by atoms with Gasteiger partial charge in [-0.25, -0.2) is 0 Å². The van der Waals surface area contributed by atoms with Gasteiger partial charge in [0.15, 0.2) is 0 Å². The molecule has 0 bridgehead atoms. The molecule has 0 aliphatic rings. The minimum atomic E-state index is 0.299. The zero-order valence-electron chi connectivity index (χ0n) is 12.6. The number of aliphatic hydroxyl groups excluding tert-OH is 1. The Kier molecular flexibility index (Phi) is 10.8. The number of rotatable bonds is 9. The van der Waals surface area contributed by atoms with Gasteiger partial charge in [-0.3, -0.25) is 0 Å². The summed E-state index contributed by atoms with van der Waals surface area (Å²) in [5.74, 6) is 0. The number of hydrogen-bond acceptors (Lipinski definition) is 1. The largest absolute Gasteiger partial charge is 0.396 e. The molecule has 0 aliphatic heterocycles. The van der Waals surface area contributed by atoms with Crippen LogP contribution in [0.3, 0.4) is 0 Å². The van der Waals surface area contributed by atoms with E-state index in [0.717, 1.165) is 32.1 Å². The molecule has 0 atom stereocenters. The fourth-order valence-corrected chi connectivity index (χ4v) is 1.78. The van der Waals surface area contributed by atoms with Crippen molar-refractivity contribution >= 4 is 0 Å². The lowest BCUT2D eigenvalue weighted by atomic mass is 10.1. The average Bonchev–Trinajstić information content (AvgIpc) is 2.29. The van der Waals surface area contributed by atoms with Crippen LogP contribution in [0.4, 0.5) is 0 Å². The predicted molar refractivity (Wildman–Crippen MR) is 81.7 cm³/mol. The summed E-state index contributed by atoms with van der Waals surface area (Å²) in [6.45, 7) is 9.01. The SMILES string of the molecule is CC(C)=CCC/C(C)=C/CC/C(C)=C/CCCO.